The van der Waals surface area contributed by atoms with Gasteiger partial charge in [-0.1, -0.05) is 32.0 Å². The van der Waals surface area contributed by atoms with Gasteiger partial charge in [0.2, 0.25) is 0 Å². The van der Waals surface area contributed by atoms with Gasteiger partial charge in [-0.25, -0.2) is 9.59 Å². The van der Waals surface area contributed by atoms with Crippen molar-refractivity contribution in [1.82, 2.24) is 4.90 Å². The van der Waals surface area contributed by atoms with Gasteiger partial charge < -0.3 is 15.3 Å². The van der Waals surface area contributed by atoms with Crippen molar-refractivity contribution in [3.05, 3.63) is 29.8 Å². The number of anilines is 1. The van der Waals surface area contributed by atoms with Gasteiger partial charge in [-0.3, -0.25) is 0 Å². The molecule has 0 bridgehead atoms. The number of carbonyl (C=O) groups excluding carboxylic acids is 1. The summed E-state index contributed by atoms with van der Waals surface area (Å²) in [6.07, 6.45) is 0. The van der Waals surface area contributed by atoms with Crippen molar-refractivity contribution in [3.8, 4) is 0 Å². The lowest BCUT2D eigenvalue weighted by Gasteiger charge is -2.22. The summed E-state index contributed by atoms with van der Waals surface area (Å²) < 4.78 is 0. The minimum Gasteiger partial charge on any atom is -0.480 e. The molecule has 2 rings (SSSR count). The van der Waals surface area contributed by atoms with Crippen LogP contribution in [0, 0.1) is 0 Å². The molecule has 108 valence electrons. The standard InChI is InChI=1S/C14H18N2O3S/c1-9(2)10-5-3-4-6-11(10)15-14(19)16-8-20-7-12(16)13(17)18/h3-6,9,12H,7-8H2,1-2H3,(H,15,19)(H,17,18). The fourth-order valence-corrected chi connectivity index (χ4v) is 3.29. The number of urea groups is 1. The van der Waals surface area contributed by atoms with Crippen molar-refractivity contribution in [2.45, 2.75) is 25.8 Å². The van der Waals surface area contributed by atoms with E-state index in [1.165, 1.54) is 16.7 Å². The van der Waals surface area contributed by atoms with E-state index in [0.29, 0.717) is 11.6 Å². The van der Waals surface area contributed by atoms with Crippen LogP contribution in [0.1, 0.15) is 25.3 Å². The van der Waals surface area contributed by atoms with Crippen molar-refractivity contribution >= 4 is 29.4 Å². The molecule has 20 heavy (non-hydrogen) atoms. The molecule has 1 aromatic carbocycles. The number of nitrogens with one attached hydrogen (secondary N) is 1. The quantitative estimate of drug-likeness (QED) is 0.899. The van der Waals surface area contributed by atoms with Gasteiger partial charge in [0, 0.05) is 11.4 Å². The third-order valence-corrected chi connectivity index (χ3v) is 4.26. The van der Waals surface area contributed by atoms with Crippen molar-refractivity contribution < 1.29 is 14.7 Å². The summed E-state index contributed by atoms with van der Waals surface area (Å²) in [5.74, 6) is 0.179. The van der Waals surface area contributed by atoms with Gasteiger partial charge in [-0.2, -0.15) is 0 Å². The van der Waals surface area contributed by atoms with Crippen LogP contribution in [0.25, 0.3) is 0 Å². The smallest absolute Gasteiger partial charge is 0.327 e. The number of nitrogens with zero attached hydrogens (tertiary/aromatic N) is 1. The van der Waals surface area contributed by atoms with Gasteiger partial charge in [0.1, 0.15) is 6.04 Å². The van der Waals surface area contributed by atoms with Gasteiger partial charge in [0.15, 0.2) is 0 Å². The number of aliphatic carboxylic acids is 1. The maximum absolute atomic E-state index is 12.2. The first-order valence-corrected chi connectivity index (χ1v) is 7.63. The molecule has 6 heteroatoms. The van der Waals surface area contributed by atoms with E-state index in [4.69, 9.17) is 5.11 Å². The predicted molar refractivity (Wildman–Crippen MR) is 80.1 cm³/mol. The van der Waals surface area contributed by atoms with E-state index in [-0.39, 0.29) is 11.9 Å². The number of para-hydroxylation sites is 1. The zero-order chi connectivity index (χ0) is 14.7. The van der Waals surface area contributed by atoms with E-state index in [1.807, 2.05) is 24.3 Å². The van der Waals surface area contributed by atoms with Crippen molar-refractivity contribution in [2.24, 2.45) is 0 Å². The van der Waals surface area contributed by atoms with Crippen LogP contribution in [0.3, 0.4) is 0 Å². The zero-order valence-corrected chi connectivity index (χ0v) is 12.3. The molecule has 0 spiro atoms. The highest BCUT2D eigenvalue weighted by molar-refractivity contribution is 7.99. The number of amides is 2. The molecule has 1 aliphatic heterocycles. The summed E-state index contributed by atoms with van der Waals surface area (Å²) in [5.41, 5.74) is 1.79. The molecule has 1 fully saturated rings. The Labute approximate surface area is 122 Å². The molecule has 2 N–H and O–H groups in total. The molecule has 1 unspecified atom stereocenters. The molecular formula is C14H18N2O3S. The first-order chi connectivity index (χ1) is 9.50. The summed E-state index contributed by atoms with van der Waals surface area (Å²) in [5, 5.41) is 11.9. The molecule has 1 aromatic rings. The Morgan fingerprint density at radius 3 is 2.75 bits per heavy atom. The van der Waals surface area contributed by atoms with E-state index in [2.05, 4.69) is 19.2 Å². The van der Waals surface area contributed by atoms with E-state index in [1.54, 1.807) is 0 Å². The fourth-order valence-electron chi connectivity index (χ4n) is 2.15. The number of hydrogen-bond donors (Lipinski definition) is 2. The third-order valence-electron chi connectivity index (χ3n) is 3.25. The third kappa shape index (κ3) is 3.07. The first kappa shape index (κ1) is 14.7. The van der Waals surface area contributed by atoms with E-state index < -0.39 is 12.0 Å². The van der Waals surface area contributed by atoms with Crippen LogP contribution in [0.15, 0.2) is 24.3 Å². The highest BCUT2D eigenvalue weighted by Gasteiger charge is 2.34. The largest absolute Gasteiger partial charge is 0.480 e. The second kappa shape index (κ2) is 6.17. The van der Waals surface area contributed by atoms with Crippen LogP contribution in [0.4, 0.5) is 10.5 Å². The van der Waals surface area contributed by atoms with Gasteiger partial charge >= 0.3 is 12.0 Å². The minimum absolute atomic E-state index is 0.287. The lowest BCUT2D eigenvalue weighted by molar-refractivity contribution is -0.140. The maximum Gasteiger partial charge on any atom is 0.327 e. The highest BCUT2D eigenvalue weighted by Crippen LogP contribution is 2.26. The van der Waals surface area contributed by atoms with E-state index in [0.717, 1.165) is 11.3 Å². The molecule has 1 saturated heterocycles. The highest BCUT2D eigenvalue weighted by atomic mass is 32.2. The molecule has 1 aliphatic rings. The molecule has 0 radical (unpaired) electrons. The summed E-state index contributed by atoms with van der Waals surface area (Å²) in [6, 6.07) is 6.49. The summed E-state index contributed by atoms with van der Waals surface area (Å²) in [6.45, 7) is 4.10. The SMILES string of the molecule is CC(C)c1ccccc1NC(=O)N1CSCC1C(=O)O. The summed E-state index contributed by atoms with van der Waals surface area (Å²) in [4.78, 5) is 24.7. The topological polar surface area (TPSA) is 69.6 Å². The predicted octanol–water partition coefficient (Wildman–Crippen LogP) is 2.80. The number of carboxylic acid groups (broad SMARTS) is 1. The Morgan fingerprint density at radius 2 is 2.10 bits per heavy atom. The number of thioether (sulfide) groups is 1. The Bertz CT molecular complexity index is 519. The normalized spacial score (nSPS) is 18.4. The number of benzene rings is 1. The Morgan fingerprint density at radius 1 is 1.40 bits per heavy atom. The van der Waals surface area contributed by atoms with Gasteiger partial charge in [0.25, 0.3) is 0 Å². The number of carbonyl (C=O) groups is 2. The molecule has 0 aliphatic carbocycles. The van der Waals surface area contributed by atoms with Gasteiger partial charge in [0.05, 0.1) is 5.88 Å². The number of carboxylic acids is 1. The number of hydrogen-bond acceptors (Lipinski definition) is 3. The van der Waals surface area contributed by atoms with Crippen LogP contribution in [0.5, 0.6) is 0 Å². The Hall–Kier alpha value is -1.69. The van der Waals surface area contributed by atoms with Crippen LogP contribution in [-0.4, -0.2) is 39.7 Å². The van der Waals surface area contributed by atoms with E-state index >= 15 is 0 Å². The molecule has 0 saturated carbocycles. The molecule has 1 heterocycles. The maximum atomic E-state index is 12.2. The zero-order valence-electron chi connectivity index (χ0n) is 11.5. The van der Waals surface area contributed by atoms with Crippen molar-refractivity contribution in [3.63, 3.8) is 0 Å². The van der Waals surface area contributed by atoms with Gasteiger partial charge in [-0.15, -0.1) is 11.8 Å². The molecule has 5 nitrogen and oxygen atoms in total. The number of rotatable bonds is 3. The average molecular weight is 294 g/mol. The van der Waals surface area contributed by atoms with Crippen LogP contribution in [-0.2, 0) is 4.79 Å². The molecular weight excluding hydrogens is 276 g/mol. The van der Waals surface area contributed by atoms with Crippen LogP contribution in [0.2, 0.25) is 0 Å². The average Bonchev–Trinajstić information content (AvgIpc) is 2.88. The summed E-state index contributed by atoms with van der Waals surface area (Å²) in [7, 11) is 0. The van der Waals surface area contributed by atoms with Crippen LogP contribution < -0.4 is 5.32 Å². The second-order valence-corrected chi connectivity index (χ2v) is 6.00. The monoisotopic (exact) mass is 294 g/mol. The van der Waals surface area contributed by atoms with Gasteiger partial charge in [-0.05, 0) is 17.5 Å². The van der Waals surface area contributed by atoms with E-state index in [9.17, 15) is 9.59 Å². The lowest BCUT2D eigenvalue weighted by atomic mass is 10.0. The summed E-state index contributed by atoms with van der Waals surface area (Å²) >= 11 is 1.45. The second-order valence-electron chi connectivity index (χ2n) is 5.00. The Balaban J connectivity index is 2.14. The molecule has 1 atom stereocenters. The van der Waals surface area contributed by atoms with Crippen LogP contribution >= 0.6 is 11.8 Å². The molecule has 2 amide bonds. The Kier molecular flexibility index (Phi) is 4.54. The van der Waals surface area contributed by atoms with Crippen molar-refractivity contribution in [2.75, 3.05) is 16.9 Å². The first-order valence-electron chi connectivity index (χ1n) is 6.47. The fraction of sp³-hybridized carbons (Fsp3) is 0.429. The lowest BCUT2D eigenvalue weighted by Crippen LogP contribution is -2.44. The minimum atomic E-state index is -0.956. The van der Waals surface area contributed by atoms with Crippen molar-refractivity contribution in [1.29, 1.82) is 0 Å². The molecule has 0 aromatic heterocycles.